The van der Waals surface area contributed by atoms with Crippen LogP contribution in [0.3, 0.4) is 0 Å². The Bertz CT molecular complexity index is 2090. The van der Waals surface area contributed by atoms with Gasteiger partial charge in [-0.1, -0.05) is 20.8 Å². The summed E-state index contributed by atoms with van der Waals surface area (Å²) in [5.74, 6) is 7.17. The SMILES string of the molecule is CN1[CH-]N2c3[c-]c(Oc4[c-]c5c(cc4)c4ccccc4n5-c4cc(C(C)(C)C)ccn4)cc[c]3[Ge]([CH3])([CH3])[c]3cccc1c32.[Pt]. The van der Waals surface area contributed by atoms with Crippen molar-refractivity contribution in [3.05, 3.63) is 109 Å². The smallest absolute Gasteiger partial charge is 0 e. The maximum atomic E-state index is 6.53. The van der Waals surface area contributed by atoms with E-state index in [1.165, 1.54) is 31.1 Å². The first-order valence-corrected chi connectivity index (χ1v) is 21.1. The molecule has 0 fully saturated rings. The summed E-state index contributed by atoms with van der Waals surface area (Å²) in [4.78, 5) is 9.31. The molecule has 0 saturated carbocycles. The first-order valence-electron chi connectivity index (χ1n) is 14.8. The second kappa shape index (κ2) is 10.3. The van der Waals surface area contributed by atoms with E-state index in [4.69, 9.17) is 9.72 Å². The van der Waals surface area contributed by atoms with Crippen LogP contribution in [0.4, 0.5) is 17.1 Å². The number of rotatable bonds is 3. The summed E-state index contributed by atoms with van der Waals surface area (Å²) in [5, 5.41) is 2.29. The molecule has 0 spiro atoms. The van der Waals surface area contributed by atoms with Gasteiger partial charge >= 0.3 is 224 Å². The van der Waals surface area contributed by atoms with Crippen molar-refractivity contribution in [2.24, 2.45) is 0 Å². The number of fused-ring (bicyclic) bond motifs is 5. The number of para-hydroxylation sites is 2. The molecule has 0 unspecified atom stereocenters. The third-order valence-corrected chi connectivity index (χ3v) is 16.4. The summed E-state index contributed by atoms with van der Waals surface area (Å²) in [7, 11) is 2.11. The minimum Gasteiger partial charge on any atom is 0 e. The third-order valence-electron chi connectivity index (χ3n) is 9.03. The predicted molar refractivity (Wildman–Crippen MR) is 179 cm³/mol. The first-order chi connectivity index (χ1) is 20.6. The minimum absolute atomic E-state index is 0. The fourth-order valence-electron chi connectivity index (χ4n) is 6.70. The van der Waals surface area contributed by atoms with Crippen LogP contribution in [0.5, 0.6) is 11.5 Å². The molecule has 0 atom stereocenters. The van der Waals surface area contributed by atoms with E-state index < -0.39 is 13.3 Å². The molecule has 0 amide bonds. The second-order valence-corrected chi connectivity index (χ2v) is 22.3. The fraction of sp³-hybridized carbons (Fsp3) is 0.189. The van der Waals surface area contributed by atoms with Crippen LogP contribution < -0.4 is 23.3 Å². The number of benzene rings is 4. The van der Waals surface area contributed by atoms with E-state index in [0.717, 1.165) is 27.9 Å². The standard InChI is InChI=1S/C37H33GeN4O.Pt/c1-37(2,3)24-18-19-39-35(20-24)42-31-12-8-7-10-27(31)28-16-14-25(21-33(28)42)43-26-15-17-29-34(22-26)41-23-40(6)32-13-9-11-30(36(32)41)38(29,4)5;/h7-20,23H,1-6H3;/q-3;. The predicted octanol–water partition coefficient (Wildman–Crippen LogP) is 7.71. The van der Waals surface area contributed by atoms with Gasteiger partial charge in [-0.3, -0.25) is 0 Å². The van der Waals surface area contributed by atoms with E-state index in [-0.39, 0.29) is 26.5 Å². The zero-order valence-corrected chi connectivity index (χ0v) is 30.0. The molecule has 8 rings (SSSR count). The van der Waals surface area contributed by atoms with Crippen LogP contribution in [0.1, 0.15) is 26.3 Å². The van der Waals surface area contributed by atoms with E-state index in [1.54, 1.807) is 0 Å². The van der Waals surface area contributed by atoms with E-state index >= 15 is 0 Å². The average Bonchev–Trinajstić information content (AvgIpc) is 3.50. The number of pyridine rings is 1. The molecule has 224 valence electrons. The topological polar surface area (TPSA) is 33.5 Å². The van der Waals surface area contributed by atoms with Gasteiger partial charge in [0, 0.05) is 21.1 Å². The molecule has 4 heterocycles. The minimum atomic E-state index is -2.54. The molecule has 6 aromatic rings. The number of hydrogen-bond donors (Lipinski definition) is 0. The largest absolute Gasteiger partial charge is 0 e. The van der Waals surface area contributed by atoms with Gasteiger partial charge in [0.2, 0.25) is 0 Å². The van der Waals surface area contributed by atoms with Crippen molar-refractivity contribution in [2.75, 3.05) is 16.8 Å². The summed E-state index contributed by atoms with van der Waals surface area (Å²) in [6.45, 7) is 8.85. The van der Waals surface area contributed by atoms with Crippen molar-refractivity contribution in [1.29, 1.82) is 0 Å². The van der Waals surface area contributed by atoms with Gasteiger partial charge in [-0.05, 0) is 11.5 Å². The Morgan fingerprint density at radius 2 is 1.61 bits per heavy atom. The Balaban J connectivity index is 0.00000312. The van der Waals surface area contributed by atoms with Crippen LogP contribution in [-0.4, -0.2) is 29.9 Å². The van der Waals surface area contributed by atoms with Crippen molar-refractivity contribution in [1.82, 2.24) is 9.55 Å². The third kappa shape index (κ3) is 4.34. The molecule has 4 aromatic carbocycles. The van der Waals surface area contributed by atoms with Crippen molar-refractivity contribution >= 4 is 60.9 Å². The van der Waals surface area contributed by atoms with E-state index in [1.807, 2.05) is 12.3 Å². The normalized spacial score (nSPS) is 14.9. The Hall–Kier alpha value is -3.54. The number of anilines is 3. The number of hydrogen-bond acceptors (Lipinski definition) is 4. The van der Waals surface area contributed by atoms with Crippen molar-refractivity contribution in [2.45, 2.75) is 37.7 Å². The zero-order chi connectivity index (χ0) is 29.7. The van der Waals surface area contributed by atoms with Crippen LogP contribution in [0.15, 0.2) is 85.1 Å². The summed E-state index contributed by atoms with van der Waals surface area (Å²) in [6.07, 6.45) is 1.90. The van der Waals surface area contributed by atoms with Crippen LogP contribution >= 0.6 is 0 Å². The zero-order valence-electron chi connectivity index (χ0n) is 25.7. The Labute approximate surface area is 276 Å². The van der Waals surface area contributed by atoms with Crippen molar-refractivity contribution in [3.8, 4) is 17.3 Å². The first kappa shape index (κ1) is 29.2. The van der Waals surface area contributed by atoms with Gasteiger partial charge in [0.25, 0.3) is 0 Å². The van der Waals surface area contributed by atoms with E-state index in [9.17, 15) is 0 Å². The summed E-state index contributed by atoms with van der Waals surface area (Å²) in [6, 6.07) is 35.2. The molecule has 0 radical (unpaired) electrons. The number of nitrogens with zero attached hydrogens (tertiary/aromatic N) is 4. The van der Waals surface area contributed by atoms with Gasteiger partial charge in [0.1, 0.15) is 0 Å². The molecule has 7 heteroatoms. The number of aromatic nitrogens is 2. The monoisotopic (exact) mass is 818 g/mol. The van der Waals surface area contributed by atoms with E-state index in [0.29, 0.717) is 11.5 Å². The van der Waals surface area contributed by atoms with Gasteiger partial charge in [0.05, 0.1) is 0 Å². The molecule has 2 aliphatic heterocycles. The van der Waals surface area contributed by atoms with Crippen molar-refractivity contribution < 1.29 is 25.8 Å². The summed E-state index contributed by atoms with van der Waals surface area (Å²) < 4.78 is 11.6. The maximum absolute atomic E-state index is 6.53. The molecule has 0 bridgehead atoms. The van der Waals surface area contributed by atoms with Crippen molar-refractivity contribution in [3.63, 3.8) is 0 Å². The fourth-order valence-corrected chi connectivity index (χ4v) is 12.8. The molecule has 0 aliphatic carbocycles. The van der Waals surface area contributed by atoms with Gasteiger partial charge in [-0.25, -0.2) is 0 Å². The maximum Gasteiger partial charge on any atom is 0 e. The van der Waals surface area contributed by atoms with Crippen LogP contribution in [0, 0.1) is 18.8 Å². The van der Waals surface area contributed by atoms with Gasteiger partial charge < -0.3 is 0 Å². The van der Waals surface area contributed by atoms with Crippen LogP contribution in [0.25, 0.3) is 27.6 Å². The molecule has 5 nitrogen and oxygen atoms in total. The molecule has 44 heavy (non-hydrogen) atoms. The molecule has 2 aliphatic rings. The van der Waals surface area contributed by atoms with Gasteiger partial charge in [-0.2, -0.15) is 0 Å². The Morgan fingerprint density at radius 3 is 2.43 bits per heavy atom. The quantitative estimate of drug-likeness (QED) is 0.136. The van der Waals surface area contributed by atoms with Gasteiger partial charge in [-0.15, -0.1) is 0 Å². The van der Waals surface area contributed by atoms with Crippen LogP contribution in [0.2, 0.25) is 11.5 Å². The molecule has 0 saturated heterocycles. The summed E-state index contributed by atoms with van der Waals surface area (Å²) in [5.41, 5.74) is 6.95. The molecule has 2 aromatic heterocycles. The average molecular weight is 817 g/mol. The van der Waals surface area contributed by atoms with Gasteiger partial charge in [0.15, 0.2) is 0 Å². The Kier molecular flexibility index (Phi) is 6.80. The van der Waals surface area contributed by atoms with E-state index in [2.05, 4.69) is 145 Å². The molecular formula is C37H33GeN4OPt-3. The Morgan fingerprint density at radius 1 is 0.841 bits per heavy atom. The molecular weight excluding hydrogens is 784 g/mol. The summed E-state index contributed by atoms with van der Waals surface area (Å²) >= 11 is -2.54. The molecule has 0 N–H and O–H groups in total. The second-order valence-electron chi connectivity index (χ2n) is 13.2. The van der Waals surface area contributed by atoms with Crippen LogP contribution in [-0.2, 0) is 26.5 Å². The number of ether oxygens (including phenoxy) is 1.